The van der Waals surface area contributed by atoms with Crippen molar-refractivity contribution < 1.29 is 14.3 Å². The number of nitrogens with zero attached hydrogens (tertiary/aromatic N) is 2. The van der Waals surface area contributed by atoms with Crippen LogP contribution < -0.4 is 15.0 Å². The monoisotopic (exact) mass is 398 g/mol. The summed E-state index contributed by atoms with van der Waals surface area (Å²) in [6.07, 6.45) is 6.53. The first kappa shape index (κ1) is 18.7. The Balaban J connectivity index is 1.49. The Hall–Kier alpha value is -2.67. The number of hydrogen-bond donors (Lipinski definition) is 0. The molecule has 0 spiro atoms. The summed E-state index contributed by atoms with van der Waals surface area (Å²) in [4.78, 5) is 31.6. The highest BCUT2D eigenvalue weighted by atomic mass is 32.1. The van der Waals surface area contributed by atoms with Gasteiger partial charge in [-0.3, -0.25) is 9.36 Å². The first-order valence-corrected chi connectivity index (χ1v) is 10.4. The van der Waals surface area contributed by atoms with E-state index in [0.717, 1.165) is 48.2 Å². The molecule has 1 aromatic carbocycles. The van der Waals surface area contributed by atoms with Crippen molar-refractivity contribution in [2.24, 2.45) is 0 Å². The van der Waals surface area contributed by atoms with E-state index in [4.69, 9.17) is 9.47 Å². The van der Waals surface area contributed by atoms with Crippen molar-refractivity contribution in [3.63, 3.8) is 0 Å². The summed E-state index contributed by atoms with van der Waals surface area (Å²) in [5.74, 6) is 0.646. The number of aromatic nitrogens is 2. The highest BCUT2D eigenvalue weighted by Gasteiger charge is 2.20. The van der Waals surface area contributed by atoms with Gasteiger partial charge in [0.1, 0.15) is 22.9 Å². The van der Waals surface area contributed by atoms with Crippen LogP contribution in [0.1, 0.15) is 36.6 Å². The molecule has 0 saturated carbocycles. The van der Waals surface area contributed by atoms with Crippen molar-refractivity contribution in [2.75, 3.05) is 6.61 Å². The van der Waals surface area contributed by atoms with Crippen molar-refractivity contribution in [1.82, 2.24) is 9.55 Å². The normalized spacial score (nSPS) is 13.3. The third-order valence-electron chi connectivity index (χ3n) is 4.77. The highest BCUT2D eigenvalue weighted by molar-refractivity contribution is 7.18. The van der Waals surface area contributed by atoms with E-state index in [2.05, 4.69) is 4.98 Å². The zero-order valence-electron chi connectivity index (χ0n) is 15.8. The van der Waals surface area contributed by atoms with Crippen LogP contribution in [-0.4, -0.2) is 22.1 Å². The van der Waals surface area contributed by atoms with Gasteiger partial charge in [0.2, 0.25) is 0 Å². The van der Waals surface area contributed by atoms with E-state index in [1.54, 1.807) is 35.6 Å². The predicted molar refractivity (Wildman–Crippen MR) is 108 cm³/mol. The van der Waals surface area contributed by atoms with E-state index < -0.39 is 5.97 Å². The van der Waals surface area contributed by atoms with Crippen LogP contribution in [-0.2, 0) is 24.2 Å². The van der Waals surface area contributed by atoms with E-state index in [9.17, 15) is 9.59 Å². The Kier molecular flexibility index (Phi) is 5.43. The molecule has 7 heteroatoms. The van der Waals surface area contributed by atoms with Crippen molar-refractivity contribution in [3.8, 4) is 11.5 Å². The van der Waals surface area contributed by atoms with Gasteiger partial charge in [-0.1, -0.05) is 6.92 Å². The molecule has 0 saturated heterocycles. The average Bonchev–Trinajstić information content (AvgIpc) is 3.09. The number of aryl methyl sites for hydroxylation is 2. The van der Waals surface area contributed by atoms with Gasteiger partial charge in [0.25, 0.3) is 5.56 Å². The number of thiophene rings is 1. The lowest BCUT2D eigenvalue weighted by atomic mass is 9.97. The van der Waals surface area contributed by atoms with Crippen LogP contribution in [0, 0.1) is 0 Å². The molecule has 0 amide bonds. The number of esters is 1. The van der Waals surface area contributed by atoms with Crippen molar-refractivity contribution in [2.45, 2.75) is 45.6 Å². The summed E-state index contributed by atoms with van der Waals surface area (Å²) in [7, 11) is 0. The van der Waals surface area contributed by atoms with Gasteiger partial charge in [0.15, 0.2) is 0 Å². The molecular weight excluding hydrogens is 376 g/mol. The minimum atomic E-state index is -0.505. The minimum absolute atomic E-state index is 0.162. The molecule has 6 nitrogen and oxygen atoms in total. The second-order valence-electron chi connectivity index (χ2n) is 6.86. The second-order valence-corrected chi connectivity index (χ2v) is 7.95. The molecule has 0 N–H and O–H groups in total. The van der Waals surface area contributed by atoms with Crippen LogP contribution >= 0.6 is 11.3 Å². The summed E-state index contributed by atoms with van der Waals surface area (Å²) >= 11 is 1.60. The number of rotatable bonds is 6. The number of benzene rings is 1. The maximum absolute atomic E-state index is 12.9. The lowest BCUT2D eigenvalue weighted by molar-refractivity contribution is -0.135. The third kappa shape index (κ3) is 3.80. The molecule has 0 radical (unpaired) electrons. The predicted octanol–water partition coefficient (Wildman–Crippen LogP) is 3.73. The topological polar surface area (TPSA) is 70.4 Å². The number of carbonyl (C=O) groups excluding carboxylic acids is 1. The zero-order valence-corrected chi connectivity index (χ0v) is 16.6. The van der Waals surface area contributed by atoms with Gasteiger partial charge < -0.3 is 9.47 Å². The molecule has 28 heavy (non-hydrogen) atoms. The number of carbonyl (C=O) groups is 1. The van der Waals surface area contributed by atoms with Crippen molar-refractivity contribution >= 4 is 27.5 Å². The molecule has 2 aromatic heterocycles. The fourth-order valence-corrected chi connectivity index (χ4v) is 4.64. The lowest BCUT2D eigenvalue weighted by Gasteiger charge is -2.10. The molecule has 2 heterocycles. The fourth-order valence-electron chi connectivity index (χ4n) is 3.42. The van der Waals surface area contributed by atoms with Gasteiger partial charge >= 0.3 is 5.97 Å². The molecule has 1 aliphatic rings. The Labute approximate surface area is 166 Å². The molecule has 1 aliphatic carbocycles. The van der Waals surface area contributed by atoms with Crippen LogP contribution in [0.2, 0.25) is 0 Å². The molecule has 0 aliphatic heterocycles. The smallest absolute Gasteiger partial charge is 0.331 e. The van der Waals surface area contributed by atoms with Gasteiger partial charge in [0.05, 0.1) is 18.3 Å². The van der Waals surface area contributed by atoms with Gasteiger partial charge in [0, 0.05) is 4.88 Å². The zero-order chi connectivity index (χ0) is 19.5. The quantitative estimate of drug-likeness (QED) is 0.467. The van der Waals surface area contributed by atoms with E-state index in [1.807, 2.05) is 6.92 Å². The summed E-state index contributed by atoms with van der Waals surface area (Å²) in [5, 5.41) is 0.674. The van der Waals surface area contributed by atoms with E-state index in [1.165, 1.54) is 15.8 Å². The van der Waals surface area contributed by atoms with E-state index in [0.29, 0.717) is 17.7 Å². The average molecular weight is 398 g/mol. The summed E-state index contributed by atoms with van der Waals surface area (Å²) in [6, 6.07) is 6.89. The van der Waals surface area contributed by atoms with Crippen LogP contribution in [0.4, 0.5) is 0 Å². The third-order valence-corrected chi connectivity index (χ3v) is 5.97. The van der Waals surface area contributed by atoms with Crippen molar-refractivity contribution in [3.05, 3.63) is 51.4 Å². The largest absolute Gasteiger partial charge is 0.494 e. The van der Waals surface area contributed by atoms with Crippen molar-refractivity contribution in [1.29, 1.82) is 0 Å². The number of fused-ring (bicyclic) bond motifs is 3. The molecular formula is C21H22N2O4S. The number of ether oxygens (including phenoxy) is 2. The van der Waals surface area contributed by atoms with Gasteiger partial charge in [-0.2, -0.15) is 0 Å². The second kappa shape index (κ2) is 8.14. The van der Waals surface area contributed by atoms with Crippen LogP contribution in [0.5, 0.6) is 11.5 Å². The first-order valence-electron chi connectivity index (χ1n) is 9.59. The molecule has 3 aromatic rings. The van der Waals surface area contributed by atoms with Gasteiger partial charge in [-0.25, -0.2) is 9.78 Å². The lowest BCUT2D eigenvalue weighted by Crippen LogP contribution is -2.27. The molecule has 0 unspecified atom stereocenters. The highest BCUT2D eigenvalue weighted by Crippen LogP contribution is 2.33. The Morgan fingerprint density at radius 2 is 1.93 bits per heavy atom. The Bertz CT molecular complexity index is 1050. The fraction of sp³-hybridized carbons (Fsp3) is 0.381. The standard InChI is InChI=1S/C21H22N2O4S/c1-2-11-26-14-7-9-15(10-8-14)27-18(24)12-23-13-22-20-19(21(23)25)16-5-3-4-6-17(16)28-20/h7-10,13H,2-6,11-12H2,1H3. The summed E-state index contributed by atoms with van der Waals surface area (Å²) in [5.41, 5.74) is 0.957. The molecule has 4 rings (SSSR count). The summed E-state index contributed by atoms with van der Waals surface area (Å²) in [6.45, 7) is 2.51. The molecule has 0 bridgehead atoms. The number of hydrogen-bond acceptors (Lipinski definition) is 6. The van der Waals surface area contributed by atoms with Crippen LogP contribution in [0.3, 0.4) is 0 Å². The Morgan fingerprint density at radius 3 is 2.71 bits per heavy atom. The molecule has 146 valence electrons. The molecule has 0 fully saturated rings. The maximum atomic E-state index is 12.9. The van der Waals surface area contributed by atoms with Gasteiger partial charge in [-0.15, -0.1) is 11.3 Å². The van der Waals surface area contributed by atoms with E-state index in [-0.39, 0.29) is 12.1 Å². The van der Waals surface area contributed by atoms with E-state index >= 15 is 0 Å². The first-order chi connectivity index (χ1) is 13.7. The van der Waals surface area contributed by atoms with Gasteiger partial charge in [-0.05, 0) is 61.9 Å². The van der Waals surface area contributed by atoms with Crippen LogP contribution in [0.25, 0.3) is 10.2 Å². The van der Waals surface area contributed by atoms with Crippen LogP contribution in [0.15, 0.2) is 35.4 Å². The molecule has 0 atom stereocenters. The minimum Gasteiger partial charge on any atom is -0.494 e. The SMILES string of the molecule is CCCOc1ccc(OC(=O)Cn2cnc3sc4c(c3c2=O)CCCC4)cc1. The summed E-state index contributed by atoms with van der Waals surface area (Å²) < 4.78 is 12.2. The Morgan fingerprint density at radius 1 is 1.18 bits per heavy atom. The maximum Gasteiger partial charge on any atom is 0.331 e.